The average molecular weight is 218 g/mol. The van der Waals surface area contributed by atoms with Crippen LogP contribution in [0.4, 0.5) is 0 Å². The number of rotatable bonds is 3. The quantitative estimate of drug-likeness (QED) is 0.781. The molecule has 3 heteroatoms. The number of amides is 1. The molecule has 0 aromatic carbocycles. The Balaban J connectivity index is 1.53. The first-order valence-corrected chi connectivity index (χ1v) is 6.39. The first kappa shape index (κ1) is 10.1. The summed E-state index contributed by atoms with van der Waals surface area (Å²) in [6, 6.07) is 2.15. The Hall–Kier alpha value is -1.04. The van der Waals surface area contributed by atoms with Gasteiger partial charge < -0.3 is 5.32 Å². The third kappa shape index (κ3) is 1.36. The van der Waals surface area contributed by atoms with Gasteiger partial charge in [-0.25, -0.2) is 0 Å². The normalized spacial score (nSPS) is 44.6. The Morgan fingerprint density at radius 3 is 2.62 bits per heavy atom. The smallest absolute Gasteiger partial charge is 0.223 e. The minimum atomic E-state index is -0.0701. The summed E-state index contributed by atoms with van der Waals surface area (Å²) in [6.07, 6.45) is 4.09. The molecule has 1 amide bonds. The van der Waals surface area contributed by atoms with E-state index in [4.69, 9.17) is 5.26 Å². The van der Waals surface area contributed by atoms with Crippen molar-refractivity contribution in [2.24, 2.45) is 35.5 Å². The van der Waals surface area contributed by atoms with Gasteiger partial charge in [-0.2, -0.15) is 5.26 Å². The van der Waals surface area contributed by atoms with Crippen molar-refractivity contribution >= 4 is 5.91 Å². The van der Waals surface area contributed by atoms with Crippen molar-refractivity contribution in [2.45, 2.75) is 26.2 Å². The van der Waals surface area contributed by atoms with Crippen LogP contribution < -0.4 is 5.32 Å². The van der Waals surface area contributed by atoms with Gasteiger partial charge in [0.25, 0.3) is 0 Å². The van der Waals surface area contributed by atoms with Crippen molar-refractivity contribution in [3.05, 3.63) is 0 Å². The topological polar surface area (TPSA) is 52.9 Å². The highest BCUT2D eigenvalue weighted by Crippen LogP contribution is 2.69. The van der Waals surface area contributed by atoms with E-state index in [0.717, 1.165) is 11.8 Å². The summed E-state index contributed by atoms with van der Waals surface area (Å²) in [5.74, 6) is 3.55. The lowest BCUT2D eigenvalue weighted by atomic mass is 10.0. The molecule has 0 saturated heterocycles. The summed E-state index contributed by atoms with van der Waals surface area (Å²) in [7, 11) is 0. The molecule has 3 rings (SSSR count). The molecule has 3 nitrogen and oxygen atoms in total. The maximum Gasteiger partial charge on any atom is 0.223 e. The van der Waals surface area contributed by atoms with E-state index >= 15 is 0 Å². The summed E-state index contributed by atoms with van der Waals surface area (Å²) < 4.78 is 0. The number of carbonyl (C=O) groups excluding carboxylic acids is 1. The number of nitriles is 1. The van der Waals surface area contributed by atoms with Gasteiger partial charge in [0.05, 0.1) is 12.0 Å². The standard InChI is InChI=1S/C13H18N2O/c1-7(5-14)6-15-13(16)12-10-8-2-3-9(4-8)11(10)12/h7-12H,2-4,6H2,1H3,(H,15,16). The van der Waals surface area contributed by atoms with Gasteiger partial charge in [0.1, 0.15) is 0 Å². The van der Waals surface area contributed by atoms with E-state index in [0.29, 0.717) is 24.3 Å². The first-order chi connectivity index (χ1) is 7.72. The van der Waals surface area contributed by atoms with Gasteiger partial charge in [0.2, 0.25) is 5.91 Å². The molecule has 3 fully saturated rings. The predicted molar refractivity (Wildman–Crippen MR) is 59.1 cm³/mol. The molecular formula is C13H18N2O. The molecule has 0 radical (unpaired) electrons. The van der Waals surface area contributed by atoms with Crippen molar-refractivity contribution in [1.82, 2.24) is 5.32 Å². The predicted octanol–water partition coefficient (Wildman–Crippen LogP) is 1.55. The van der Waals surface area contributed by atoms with Crippen molar-refractivity contribution in [2.75, 3.05) is 6.54 Å². The van der Waals surface area contributed by atoms with Gasteiger partial charge in [-0.05, 0) is 49.9 Å². The fraction of sp³-hybridized carbons (Fsp3) is 0.846. The van der Waals surface area contributed by atoms with Crippen molar-refractivity contribution in [1.29, 1.82) is 5.26 Å². The van der Waals surface area contributed by atoms with Gasteiger partial charge in [-0.1, -0.05) is 0 Å². The number of fused-ring (bicyclic) bond motifs is 5. The number of hydrogen-bond donors (Lipinski definition) is 1. The highest BCUT2D eigenvalue weighted by atomic mass is 16.2. The molecule has 0 aliphatic heterocycles. The fourth-order valence-corrected chi connectivity index (χ4v) is 4.09. The van der Waals surface area contributed by atoms with E-state index in [2.05, 4.69) is 11.4 Å². The molecule has 3 aliphatic carbocycles. The van der Waals surface area contributed by atoms with Gasteiger partial charge in [-0.15, -0.1) is 0 Å². The van der Waals surface area contributed by atoms with Crippen LogP contribution in [0, 0.1) is 46.8 Å². The average Bonchev–Trinajstić information content (AvgIpc) is 2.74. The molecule has 2 bridgehead atoms. The third-order valence-corrected chi connectivity index (χ3v) is 4.84. The van der Waals surface area contributed by atoms with Crippen molar-refractivity contribution < 1.29 is 4.79 Å². The van der Waals surface area contributed by atoms with Crippen LogP contribution in [-0.4, -0.2) is 12.5 Å². The number of nitrogens with zero attached hydrogens (tertiary/aromatic N) is 1. The van der Waals surface area contributed by atoms with Gasteiger partial charge >= 0.3 is 0 Å². The second-order valence-electron chi connectivity index (χ2n) is 5.79. The Labute approximate surface area is 96.2 Å². The second-order valence-corrected chi connectivity index (χ2v) is 5.79. The van der Waals surface area contributed by atoms with E-state index in [1.165, 1.54) is 19.3 Å². The molecule has 1 N–H and O–H groups in total. The van der Waals surface area contributed by atoms with E-state index in [9.17, 15) is 4.79 Å². The van der Waals surface area contributed by atoms with Crippen LogP contribution in [-0.2, 0) is 4.79 Å². The Kier molecular flexibility index (Phi) is 2.20. The molecule has 0 aromatic rings. The van der Waals surface area contributed by atoms with Crippen molar-refractivity contribution in [3.63, 3.8) is 0 Å². The zero-order chi connectivity index (χ0) is 11.3. The zero-order valence-corrected chi connectivity index (χ0v) is 9.65. The van der Waals surface area contributed by atoms with Crippen LogP contribution in [0.1, 0.15) is 26.2 Å². The Morgan fingerprint density at radius 2 is 2.06 bits per heavy atom. The lowest BCUT2D eigenvalue weighted by Gasteiger charge is -2.10. The zero-order valence-electron chi connectivity index (χ0n) is 9.65. The summed E-state index contributed by atoms with van der Waals surface area (Å²) in [4.78, 5) is 11.9. The largest absolute Gasteiger partial charge is 0.355 e. The van der Waals surface area contributed by atoms with E-state index in [-0.39, 0.29) is 11.8 Å². The molecule has 3 saturated carbocycles. The number of nitrogens with one attached hydrogen (secondary N) is 1. The Morgan fingerprint density at radius 1 is 1.44 bits per heavy atom. The first-order valence-electron chi connectivity index (χ1n) is 6.39. The molecule has 5 unspecified atom stereocenters. The lowest BCUT2D eigenvalue weighted by Crippen LogP contribution is -2.31. The third-order valence-electron chi connectivity index (χ3n) is 4.84. The van der Waals surface area contributed by atoms with E-state index in [1.807, 2.05) is 6.92 Å². The highest BCUT2D eigenvalue weighted by molar-refractivity contribution is 5.82. The monoisotopic (exact) mass is 218 g/mol. The minimum Gasteiger partial charge on any atom is -0.355 e. The molecule has 0 aromatic heterocycles. The second kappa shape index (κ2) is 3.48. The maximum absolute atomic E-state index is 11.9. The number of carbonyl (C=O) groups is 1. The maximum atomic E-state index is 11.9. The summed E-state index contributed by atoms with van der Waals surface area (Å²) in [5.41, 5.74) is 0. The molecule has 0 heterocycles. The highest BCUT2D eigenvalue weighted by Gasteiger charge is 2.67. The molecular weight excluding hydrogens is 200 g/mol. The van der Waals surface area contributed by atoms with E-state index < -0.39 is 0 Å². The molecule has 5 atom stereocenters. The van der Waals surface area contributed by atoms with Crippen LogP contribution in [0.5, 0.6) is 0 Å². The van der Waals surface area contributed by atoms with Crippen molar-refractivity contribution in [3.8, 4) is 6.07 Å². The Bertz CT molecular complexity index is 343. The van der Waals surface area contributed by atoms with E-state index in [1.54, 1.807) is 0 Å². The fourth-order valence-electron chi connectivity index (χ4n) is 4.09. The molecule has 3 aliphatic rings. The minimum absolute atomic E-state index is 0.0701. The van der Waals surface area contributed by atoms with Crippen LogP contribution in [0.25, 0.3) is 0 Å². The van der Waals surface area contributed by atoms with Gasteiger partial charge in [0, 0.05) is 12.5 Å². The summed E-state index contributed by atoms with van der Waals surface area (Å²) >= 11 is 0. The van der Waals surface area contributed by atoms with Crippen LogP contribution in [0.15, 0.2) is 0 Å². The SMILES string of the molecule is CC(C#N)CNC(=O)C1C2C3CCC(C3)C12. The molecule has 16 heavy (non-hydrogen) atoms. The summed E-state index contributed by atoms with van der Waals surface area (Å²) in [5, 5.41) is 11.6. The van der Waals surface area contributed by atoms with Crippen LogP contribution in [0.3, 0.4) is 0 Å². The van der Waals surface area contributed by atoms with Crippen LogP contribution in [0.2, 0.25) is 0 Å². The number of hydrogen-bond acceptors (Lipinski definition) is 2. The molecule has 86 valence electrons. The van der Waals surface area contributed by atoms with Crippen LogP contribution >= 0.6 is 0 Å². The summed E-state index contributed by atoms with van der Waals surface area (Å²) in [6.45, 7) is 2.36. The van der Waals surface area contributed by atoms with Gasteiger partial charge in [0.15, 0.2) is 0 Å². The van der Waals surface area contributed by atoms with Gasteiger partial charge in [-0.3, -0.25) is 4.79 Å². The lowest BCUT2D eigenvalue weighted by molar-refractivity contribution is -0.123. The molecule has 0 spiro atoms.